The van der Waals surface area contributed by atoms with Crippen LogP contribution in [0.15, 0.2) is 24.4 Å². The number of nitrogens with zero attached hydrogens (tertiary/aromatic N) is 3. The topological polar surface area (TPSA) is 106 Å². The zero-order chi connectivity index (χ0) is 25.1. The molecular weight excluding hydrogens is 466 g/mol. The highest BCUT2D eigenvalue weighted by molar-refractivity contribution is 5.63. The van der Waals surface area contributed by atoms with Crippen LogP contribution in [0.1, 0.15) is 46.5 Å². The first kappa shape index (κ1) is 24.1. The van der Waals surface area contributed by atoms with Gasteiger partial charge in [-0.1, -0.05) is 19.1 Å². The first-order valence-corrected chi connectivity index (χ1v) is 12.9. The quantitative estimate of drug-likeness (QED) is 0.590. The number of fused-ring (bicyclic) bond motifs is 2. The van der Waals surface area contributed by atoms with Gasteiger partial charge < -0.3 is 24.1 Å². The Morgan fingerprint density at radius 2 is 2.03 bits per heavy atom. The van der Waals surface area contributed by atoms with Gasteiger partial charge in [-0.3, -0.25) is 0 Å². The zero-order valence-corrected chi connectivity index (χ0v) is 21.3. The maximum absolute atomic E-state index is 9.92. The van der Waals surface area contributed by atoms with Crippen molar-refractivity contribution in [3.05, 3.63) is 24.4 Å². The van der Waals surface area contributed by atoms with Crippen LogP contribution in [0.25, 0.3) is 11.3 Å². The van der Waals surface area contributed by atoms with Crippen molar-refractivity contribution in [2.24, 2.45) is 23.7 Å². The molecule has 7 rings (SSSR count). The van der Waals surface area contributed by atoms with Crippen molar-refractivity contribution in [1.82, 2.24) is 15.0 Å². The molecule has 10 heteroatoms. The van der Waals surface area contributed by atoms with Crippen LogP contribution in [0.3, 0.4) is 0 Å². The summed E-state index contributed by atoms with van der Waals surface area (Å²) in [4.78, 5) is 12.1. The molecule has 5 fully saturated rings. The summed E-state index contributed by atoms with van der Waals surface area (Å²) in [5.41, 5.74) is 1.05. The molecule has 4 saturated heterocycles. The molecule has 2 aromatic rings. The Bertz CT molecular complexity index is 1110. The molecule has 196 valence electrons. The molecule has 1 N–H and O–H groups in total. The predicted molar refractivity (Wildman–Crippen MR) is 126 cm³/mol. The minimum Gasteiger partial charge on any atom is -0.504 e. The fourth-order valence-corrected chi connectivity index (χ4v) is 6.80. The average molecular weight is 502 g/mol. The second kappa shape index (κ2) is 8.95. The summed E-state index contributed by atoms with van der Waals surface area (Å²) in [6.07, 6.45) is 4.71. The van der Waals surface area contributed by atoms with Crippen molar-refractivity contribution < 1.29 is 33.8 Å². The highest BCUT2D eigenvalue weighted by Crippen LogP contribution is 2.60. The van der Waals surface area contributed by atoms with Crippen LogP contribution in [-0.4, -0.2) is 57.8 Å². The van der Waals surface area contributed by atoms with E-state index in [1.54, 1.807) is 29.1 Å². The second-order valence-corrected chi connectivity index (χ2v) is 10.9. The molecule has 0 radical (unpaired) electrons. The van der Waals surface area contributed by atoms with Crippen molar-refractivity contribution in [3.63, 3.8) is 0 Å². The number of benzene rings is 1. The van der Waals surface area contributed by atoms with E-state index < -0.39 is 24.0 Å². The molecule has 4 aliphatic heterocycles. The van der Waals surface area contributed by atoms with Gasteiger partial charge in [-0.25, -0.2) is 14.5 Å². The number of hydrogen-bond acceptors (Lipinski definition) is 9. The van der Waals surface area contributed by atoms with Gasteiger partial charge >= 0.3 is 0 Å². The maximum atomic E-state index is 9.92. The Labute approximate surface area is 210 Å². The molecule has 1 spiro atoms. The van der Waals surface area contributed by atoms with Crippen LogP contribution in [0.2, 0.25) is 0 Å². The molecule has 5 heterocycles. The third-order valence-electron chi connectivity index (χ3n) is 8.78. The highest BCUT2D eigenvalue weighted by Gasteiger charge is 2.69. The number of aromatic hydroxyl groups is 1. The lowest BCUT2D eigenvalue weighted by Gasteiger charge is -2.60. The first-order valence-electron chi connectivity index (χ1n) is 12.9. The van der Waals surface area contributed by atoms with Crippen molar-refractivity contribution in [3.8, 4) is 22.8 Å². The van der Waals surface area contributed by atoms with Gasteiger partial charge in [0.1, 0.15) is 0 Å². The van der Waals surface area contributed by atoms with Gasteiger partial charge in [0.15, 0.2) is 29.7 Å². The van der Waals surface area contributed by atoms with Gasteiger partial charge in [0.25, 0.3) is 0 Å². The normalized spacial score (nSPS) is 39.4. The summed E-state index contributed by atoms with van der Waals surface area (Å²) in [5, 5.41) is 18.2. The molecular formula is C26H35N3O7. The predicted octanol–water partition coefficient (Wildman–Crippen LogP) is 3.88. The number of hydrogen-bond donors (Lipinski definition) is 1. The molecule has 5 aliphatic rings. The van der Waals surface area contributed by atoms with Crippen molar-refractivity contribution in [2.75, 3.05) is 13.7 Å². The Kier molecular flexibility index (Phi) is 6.00. The van der Waals surface area contributed by atoms with Gasteiger partial charge in [-0.05, 0) is 56.2 Å². The van der Waals surface area contributed by atoms with E-state index in [0.29, 0.717) is 30.7 Å². The van der Waals surface area contributed by atoms with Crippen LogP contribution in [0.4, 0.5) is 0 Å². The Morgan fingerprint density at radius 3 is 2.86 bits per heavy atom. The van der Waals surface area contributed by atoms with Crippen molar-refractivity contribution in [2.45, 2.75) is 77.0 Å². The monoisotopic (exact) mass is 501 g/mol. The SMILES string of the molecule is COc1cc(-c2cnnn2CCOC2O[C@@H]3O[C@@]4(C)CC[C@H]5[C@H](C)CC[C@@H]([C@H]2C)[C@@]35OO4)ccc1O. The minimum atomic E-state index is -0.802. The van der Waals surface area contributed by atoms with Gasteiger partial charge in [-0.2, -0.15) is 0 Å². The number of phenols is 1. The number of rotatable bonds is 6. The second-order valence-electron chi connectivity index (χ2n) is 10.9. The lowest BCUT2D eigenvalue weighted by atomic mass is 9.58. The molecule has 1 aromatic heterocycles. The molecule has 36 heavy (non-hydrogen) atoms. The average Bonchev–Trinajstić information content (AvgIpc) is 3.21. The van der Waals surface area contributed by atoms with Gasteiger partial charge in [0.2, 0.25) is 5.79 Å². The lowest BCUT2D eigenvalue weighted by Crippen LogP contribution is -2.70. The molecule has 10 nitrogen and oxygen atoms in total. The van der Waals surface area contributed by atoms with Crippen LogP contribution in [0.5, 0.6) is 11.5 Å². The summed E-state index contributed by atoms with van der Waals surface area (Å²) in [6, 6.07) is 5.17. The van der Waals surface area contributed by atoms with Crippen LogP contribution < -0.4 is 4.74 Å². The van der Waals surface area contributed by atoms with E-state index in [1.807, 2.05) is 6.92 Å². The van der Waals surface area contributed by atoms with E-state index in [9.17, 15) is 5.11 Å². The van der Waals surface area contributed by atoms with Crippen LogP contribution >= 0.6 is 0 Å². The molecule has 1 aromatic carbocycles. The number of aromatic nitrogens is 3. The fourth-order valence-electron chi connectivity index (χ4n) is 6.80. The number of phenolic OH excluding ortho intramolecular Hbond substituents is 1. The summed E-state index contributed by atoms with van der Waals surface area (Å²) >= 11 is 0. The number of ether oxygens (including phenoxy) is 4. The van der Waals surface area contributed by atoms with Gasteiger partial charge in [0.05, 0.1) is 32.2 Å². The Morgan fingerprint density at radius 1 is 1.17 bits per heavy atom. The summed E-state index contributed by atoms with van der Waals surface area (Å²) in [5.74, 6) is 0.861. The standard InChI is InChI=1S/C26H35N3O7/c1-15-5-7-19-16(2)23(33-24-26(19)18(15)9-10-25(3,34-24)35-36-26)32-12-11-29-20(14-27-28-29)17-6-8-21(30)22(13-17)31-4/h6,8,13-16,18-19,23-24,30H,5,7,9-12H2,1-4H3/t15-,16-,18+,19+,23?,24-,25-,26-/m1/s1. The third kappa shape index (κ3) is 3.73. The Balaban J connectivity index is 1.17. The van der Waals surface area contributed by atoms with Crippen LogP contribution in [-0.2, 0) is 30.5 Å². The Hall–Kier alpha value is -2.24. The summed E-state index contributed by atoms with van der Waals surface area (Å²) < 4.78 is 26.2. The number of methoxy groups -OCH3 is 1. The largest absolute Gasteiger partial charge is 0.504 e. The van der Waals surface area contributed by atoms with E-state index in [2.05, 4.69) is 24.2 Å². The molecule has 1 saturated carbocycles. The van der Waals surface area contributed by atoms with Gasteiger partial charge in [-0.15, -0.1) is 5.10 Å². The van der Waals surface area contributed by atoms with E-state index in [4.69, 9.17) is 28.7 Å². The fraction of sp³-hybridized carbons (Fsp3) is 0.692. The van der Waals surface area contributed by atoms with Gasteiger partial charge in [0, 0.05) is 23.8 Å². The third-order valence-corrected chi connectivity index (χ3v) is 8.78. The summed E-state index contributed by atoms with van der Waals surface area (Å²) in [6.45, 7) is 7.30. The van der Waals surface area contributed by atoms with E-state index in [1.165, 1.54) is 7.11 Å². The highest BCUT2D eigenvalue weighted by atomic mass is 17.3. The molecule has 8 atom stereocenters. The van der Waals surface area contributed by atoms with Crippen molar-refractivity contribution >= 4 is 0 Å². The minimum absolute atomic E-state index is 0.0850. The molecule has 0 amide bonds. The lowest BCUT2D eigenvalue weighted by molar-refractivity contribution is -0.577. The van der Waals surface area contributed by atoms with E-state index in [0.717, 1.165) is 36.9 Å². The zero-order valence-electron chi connectivity index (χ0n) is 21.3. The van der Waals surface area contributed by atoms with E-state index in [-0.39, 0.29) is 17.6 Å². The summed E-state index contributed by atoms with van der Waals surface area (Å²) in [7, 11) is 1.52. The smallest absolute Gasteiger partial charge is 0.201 e. The van der Waals surface area contributed by atoms with Crippen LogP contribution in [0, 0.1) is 23.7 Å². The molecule has 2 bridgehead atoms. The van der Waals surface area contributed by atoms with E-state index >= 15 is 0 Å². The molecule has 1 unspecified atom stereocenters. The first-order chi connectivity index (χ1) is 17.3. The maximum Gasteiger partial charge on any atom is 0.201 e. The van der Waals surface area contributed by atoms with Crippen molar-refractivity contribution in [1.29, 1.82) is 0 Å². The molecule has 1 aliphatic carbocycles.